The van der Waals surface area contributed by atoms with E-state index in [1.54, 1.807) is 0 Å². The Morgan fingerprint density at radius 2 is 2.13 bits per heavy atom. The first kappa shape index (κ1) is 10.4. The lowest BCUT2D eigenvalue weighted by Crippen LogP contribution is -2.25. The maximum Gasteiger partial charge on any atom is 0.176 e. The fraction of sp³-hybridized carbons (Fsp3) is 0.462. The van der Waals surface area contributed by atoms with E-state index in [0.29, 0.717) is 12.6 Å². The molecule has 1 aromatic carbocycles. The van der Waals surface area contributed by atoms with Crippen LogP contribution in [0.2, 0.25) is 0 Å². The van der Waals surface area contributed by atoms with Crippen LogP contribution in [0.25, 0.3) is 0 Å². The lowest BCUT2D eigenvalue weighted by molar-refractivity contribution is 0.0990. The molecule has 0 heterocycles. The van der Waals surface area contributed by atoms with Gasteiger partial charge in [0.05, 0.1) is 6.54 Å². The van der Waals surface area contributed by atoms with Crippen molar-refractivity contribution < 1.29 is 4.79 Å². The van der Waals surface area contributed by atoms with Gasteiger partial charge in [-0.2, -0.15) is 0 Å². The zero-order valence-corrected chi connectivity index (χ0v) is 9.34. The van der Waals surface area contributed by atoms with E-state index in [9.17, 15) is 4.79 Å². The second-order valence-electron chi connectivity index (χ2n) is 4.40. The van der Waals surface area contributed by atoms with E-state index in [-0.39, 0.29) is 5.78 Å². The first-order valence-electron chi connectivity index (χ1n) is 5.50. The molecule has 2 heteroatoms. The number of rotatable bonds is 4. The number of Topliss-reactive ketones (excluding diaryl/α,β-unsaturated/α-hetero) is 1. The summed E-state index contributed by atoms with van der Waals surface area (Å²) >= 11 is 0. The van der Waals surface area contributed by atoms with Crippen LogP contribution in [0.5, 0.6) is 0 Å². The Labute approximate surface area is 90.7 Å². The molecule has 0 saturated heterocycles. The molecule has 1 saturated carbocycles. The molecule has 0 aliphatic heterocycles. The van der Waals surface area contributed by atoms with E-state index >= 15 is 0 Å². The predicted molar refractivity (Wildman–Crippen MR) is 61.3 cm³/mol. The summed E-state index contributed by atoms with van der Waals surface area (Å²) in [4.78, 5) is 11.8. The quantitative estimate of drug-likeness (QED) is 0.760. The van der Waals surface area contributed by atoms with Gasteiger partial charge in [-0.3, -0.25) is 4.79 Å². The van der Waals surface area contributed by atoms with Crippen LogP contribution < -0.4 is 5.32 Å². The molecule has 0 unspecified atom stereocenters. The highest BCUT2D eigenvalue weighted by atomic mass is 16.1. The lowest BCUT2D eigenvalue weighted by Gasteiger charge is -2.06. The van der Waals surface area contributed by atoms with Crippen molar-refractivity contribution in [3.8, 4) is 0 Å². The molecular formula is C13H17NO. The molecule has 1 N–H and O–H groups in total. The third kappa shape index (κ3) is 2.66. The van der Waals surface area contributed by atoms with Gasteiger partial charge in [0.2, 0.25) is 0 Å². The molecule has 80 valence electrons. The van der Waals surface area contributed by atoms with Crippen LogP contribution in [0.3, 0.4) is 0 Å². The summed E-state index contributed by atoms with van der Waals surface area (Å²) in [5, 5.41) is 3.25. The van der Waals surface area contributed by atoms with Gasteiger partial charge in [-0.1, -0.05) is 23.8 Å². The van der Waals surface area contributed by atoms with Crippen molar-refractivity contribution >= 4 is 5.78 Å². The number of carbonyl (C=O) groups is 1. The summed E-state index contributed by atoms with van der Waals surface area (Å²) in [6, 6.07) is 6.59. The van der Waals surface area contributed by atoms with E-state index in [4.69, 9.17) is 0 Å². The minimum Gasteiger partial charge on any atom is -0.307 e. The Kier molecular flexibility index (Phi) is 2.87. The Bertz CT molecular complexity index is 380. The van der Waals surface area contributed by atoms with Crippen molar-refractivity contribution in [2.45, 2.75) is 32.7 Å². The number of hydrogen-bond donors (Lipinski definition) is 1. The summed E-state index contributed by atoms with van der Waals surface area (Å²) in [6.07, 6.45) is 2.44. The van der Waals surface area contributed by atoms with Crippen LogP contribution in [0.1, 0.15) is 34.3 Å². The molecular weight excluding hydrogens is 186 g/mol. The Morgan fingerprint density at radius 3 is 2.73 bits per heavy atom. The molecule has 2 nitrogen and oxygen atoms in total. The predicted octanol–water partition coefficient (Wildman–Crippen LogP) is 2.24. The molecule has 1 fully saturated rings. The number of nitrogens with one attached hydrogen (secondary N) is 1. The van der Waals surface area contributed by atoms with E-state index < -0.39 is 0 Å². The second-order valence-corrected chi connectivity index (χ2v) is 4.40. The molecule has 1 aromatic rings. The van der Waals surface area contributed by atoms with E-state index in [2.05, 4.69) is 11.4 Å². The SMILES string of the molecule is Cc1ccc(C(=O)CNC2CC2)c(C)c1. The molecule has 15 heavy (non-hydrogen) atoms. The number of benzene rings is 1. The minimum absolute atomic E-state index is 0.208. The van der Waals surface area contributed by atoms with Gasteiger partial charge in [0.1, 0.15) is 0 Å². The number of hydrogen-bond acceptors (Lipinski definition) is 2. The molecule has 0 radical (unpaired) electrons. The van der Waals surface area contributed by atoms with E-state index in [1.165, 1.54) is 18.4 Å². The first-order chi connectivity index (χ1) is 7.16. The monoisotopic (exact) mass is 203 g/mol. The standard InChI is InChI=1S/C13H17NO/c1-9-3-6-12(10(2)7-9)13(15)8-14-11-4-5-11/h3,6-7,11,14H,4-5,8H2,1-2H3. The Hall–Kier alpha value is -1.15. The van der Waals surface area contributed by atoms with Gasteiger partial charge in [0.25, 0.3) is 0 Å². The van der Waals surface area contributed by atoms with Crippen molar-refractivity contribution in [1.82, 2.24) is 5.32 Å². The topological polar surface area (TPSA) is 29.1 Å². The van der Waals surface area contributed by atoms with Gasteiger partial charge in [-0.05, 0) is 32.3 Å². The van der Waals surface area contributed by atoms with Crippen molar-refractivity contribution in [1.29, 1.82) is 0 Å². The average molecular weight is 203 g/mol. The van der Waals surface area contributed by atoms with Crippen molar-refractivity contribution in [3.05, 3.63) is 34.9 Å². The van der Waals surface area contributed by atoms with Gasteiger partial charge in [-0.15, -0.1) is 0 Å². The van der Waals surface area contributed by atoms with E-state index in [0.717, 1.165) is 11.1 Å². The summed E-state index contributed by atoms with van der Waals surface area (Å²) < 4.78 is 0. The van der Waals surface area contributed by atoms with Crippen LogP contribution >= 0.6 is 0 Å². The van der Waals surface area contributed by atoms with Crippen LogP contribution in [0.15, 0.2) is 18.2 Å². The molecule has 0 aromatic heterocycles. The summed E-state index contributed by atoms with van der Waals surface area (Å²) in [5.41, 5.74) is 3.14. The normalized spacial score (nSPS) is 15.3. The highest BCUT2D eigenvalue weighted by molar-refractivity contribution is 5.99. The van der Waals surface area contributed by atoms with Gasteiger partial charge in [0, 0.05) is 11.6 Å². The fourth-order valence-electron chi connectivity index (χ4n) is 1.75. The van der Waals surface area contributed by atoms with Gasteiger partial charge < -0.3 is 5.32 Å². The van der Waals surface area contributed by atoms with Crippen molar-refractivity contribution in [2.75, 3.05) is 6.54 Å². The largest absolute Gasteiger partial charge is 0.307 e. The molecule has 0 atom stereocenters. The lowest BCUT2D eigenvalue weighted by atomic mass is 10.0. The Balaban J connectivity index is 2.03. The zero-order valence-electron chi connectivity index (χ0n) is 9.34. The highest BCUT2D eigenvalue weighted by Crippen LogP contribution is 2.18. The molecule has 2 rings (SSSR count). The number of carbonyl (C=O) groups excluding carboxylic acids is 1. The van der Waals surface area contributed by atoms with Crippen molar-refractivity contribution in [3.63, 3.8) is 0 Å². The zero-order chi connectivity index (χ0) is 10.8. The molecule has 0 amide bonds. The number of aryl methyl sites for hydroxylation is 2. The number of ketones is 1. The van der Waals surface area contributed by atoms with Gasteiger partial charge in [0.15, 0.2) is 5.78 Å². The maximum absolute atomic E-state index is 11.8. The smallest absolute Gasteiger partial charge is 0.176 e. The third-order valence-corrected chi connectivity index (χ3v) is 2.81. The summed E-state index contributed by atoms with van der Waals surface area (Å²) in [5.74, 6) is 0.208. The molecule has 1 aliphatic rings. The molecule has 1 aliphatic carbocycles. The van der Waals surface area contributed by atoms with E-state index in [1.807, 2.05) is 26.0 Å². The van der Waals surface area contributed by atoms with Crippen LogP contribution in [-0.4, -0.2) is 18.4 Å². The highest BCUT2D eigenvalue weighted by Gasteiger charge is 2.21. The maximum atomic E-state index is 11.8. The minimum atomic E-state index is 0.208. The Morgan fingerprint density at radius 1 is 1.40 bits per heavy atom. The van der Waals surface area contributed by atoms with Crippen LogP contribution in [0, 0.1) is 13.8 Å². The second kappa shape index (κ2) is 4.15. The van der Waals surface area contributed by atoms with Crippen LogP contribution in [-0.2, 0) is 0 Å². The van der Waals surface area contributed by atoms with Gasteiger partial charge in [-0.25, -0.2) is 0 Å². The summed E-state index contributed by atoms with van der Waals surface area (Å²) in [6.45, 7) is 4.52. The van der Waals surface area contributed by atoms with Crippen molar-refractivity contribution in [2.24, 2.45) is 0 Å². The van der Waals surface area contributed by atoms with Gasteiger partial charge >= 0.3 is 0 Å². The average Bonchev–Trinajstić information content (AvgIpc) is 2.97. The van der Waals surface area contributed by atoms with Crippen LogP contribution in [0.4, 0.5) is 0 Å². The molecule has 0 spiro atoms. The summed E-state index contributed by atoms with van der Waals surface area (Å²) in [7, 11) is 0. The fourth-order valence-corrected chi connectivity index (χ4v) is 1.75. The molecule has 0 bridgehead atoms. The third-order valence-electron chi connectivity index (χ3n) is 2.81. The first-order valence-corrected chi connectivity index (χ1v) is 5.50.